The van der Waals surface area contributed by atoms with Gasteiger partial charge in [-0.1, -0.05) is 44.0 Å². The minimum atomic E-state index is -0.363. The van der Waals surface area contributed by atoms with E-state index in [0.717, 1.165) is 69.3 Å². The number of halogens is 1. The van der Waals surface area contributed by atoms with Crippen molar-refractivity contribution in [2.45, 2.75) is 58.0 Å². The summed E-state index contributed by atoms with van der Waals surface area (Å²) in [5.41, 5.74) is 2.01. The quantitative estimate of drug-likeness (QED) is 0.282. The van der Waals surface area contributed by atoms with Crippen molar-refractivity contribution in [3.8, 4) is 11.5 Å². The zero-order valence-electron chi connectivity index (χ0n) is 20.7. The lowest BCUT2D eigenvalue weighted by Crippen LogP contribution is -2.37. The number of rotatable bonds is 12. The highest BCUT2D eigenvalue weighted by Gasteiger charge is 2.33. The highest BCUT2D eigenvalue weighted by atomic mass is 19.1. The number of esters is 1. The van der Waals surface area contributed by atoms with Crippen LogP contribution in [0.4, 0.5) is 4.39 Å². The highest BCUT2D eigenvalue weighted by Crippen LogP contribution is 2.42. The van der Waals surface area contributed by atoms with Crippen molar-refractivity contribution in [1.82, 2.24) is 4.90 Å². The van der Waals surface area contributed by atoms with Crippen LogP contribution in [-0.2, 0) is 16.0 Å². The first-order valence-corrected chi connectivity index (χ1v) is 12.4. The number of carbonyl (C=O) groups is 1. The molecule has 0 amide bonds. The summed E-state index contributed by atoms with van der Waals surface area (Å²) in [4.78, 5) is 15.1. The zero-order valence-corrected chi connectivity index (χ0v) is 20.7. The van der Waals surface area contributed by atoms with Crippen LogP contribution in [0, 0.1) is 11.7 Å². The van der Waals surface area contributed by atoms with Gasteiger partial charge in [0.05, 0.1) is 14.2 Å². The van der Waals surface area contributed by atoms with Crippen molar-refractivity contribution in [3.05, 3.63) is 59.4 Å². The number of likely N-dealkylation sites (tertiary alicyclic amines) is 1. The first-order valence-electron chi connectivity index (χ1n) is 12.4. The van der Waals surface area contributed by atoms with Gasteiger partial charge in [-0.2, -0.15) is 0 Å². The van der Waals surface area contributed by atoms with Gasteiger partial charge in [-0.25, -0.2) is 4.39 Å². The summed E-state index contributed by atoms with van der Waals surface area (Å²) in [5, 5.41) is 0. The predicted octanol–water partition coefficient (Wildman–Crippen LogP) is 5.96. The first-order chi connectivity index (χ1) is 16.5. The van der Waals surface area contributed by atoms with Gasteiger partial charge in [0.15, 0.2) is 11.5 Å². The van der Waals surface area contributed by atoms with E-state index in [-0.39, 0.29) is 23.8 Å². The number of hydrogen-bond acceptors (Lipinski definition) is 5. The number of hydrogen-bond donors (Lipinski definition) is 0. The molecule has 0 bridgehead atoms. The van der Waals surface area contributed by atoms with Crippen molar-refractivity contribution < 1.29 is 23.4 Å². The molecule has 0 saturated carbocycles. The van der Waals surface area contributed by atoms with Crippen molar-refractivity contribution >= 4 is 5.97 Å². The van der Waals surface area contributed by atoms with Crippen LogP contribution in [-0.4, -0.2) is 44.7 Å². The zero-order chi connectivity index (χ0) is 24.3. The van der Waals surface area contributed by atoms with E-state index >= 15 is 0 Å². The Kier molecular flexibility index (Phi) is 10.2. The maximum atomic E-state index is 13.2. The predicted molar refractivity (Wildman–Crippen MR) is 132 cm³/mol. The Bertz CT molecular complexity index is 894. The number of methoxy groups -OCH3 is 2. The smallest absolute Gasteiger partial charge is 0.306 e. The molecule has 34 heavy (non-hydrogen) atoms. The summed E-state index contributed by atoms with van der Waals surface area (Å²) in [6.45, 7) is 4.92. The fraction of sp³-hybridized carbons (Fsp3) is 0.536. The summed E-state index contributed by atoms with van der Waals surface area (Å²) in [7, 11) is 3.24. The van der Waals surface area contributed by atoms with E-state index in [0.29, 0.717) is 17.9 Å². The van der Waals surface area contributed by atoms with Crippen molar-refractivity contribution in [3.63, 3.8) is 0 Å². The Labute approximate surface area is 203 Å². The van der Waals surface area contributed by atoms with E-state index in [1.165, 1.54) is 12.1 Å². The highest BCUT2D eigenvalue weighted by molar-refractivity contribution is 5.70. The Hall–Kier alpha value is -2.60. The summed E-state index contributed by atoms with van der Waals surface area (Å²) >= 11 is 0. The average Bonchev–Trinajstić information content (AvgIpc) is 2.87. The van der Waals surface area contributed by atoms with Crippen LogP contribution >= 0.6 is 0 Å². The molecule has 1 aliphatic heterocycles. The van der Waals surface area contributed by atoms with E-state index in [4.69, 9.17) is 14.2 Å². The van der Waals surface area contributed by atoms with E-state index < -0.39 is 0 Å². The molecular weight excluding hydrogens is 433 g/mol. The maximum Gasteiger partial charge on any atom is 0.306 e. The molecule has 0 unspecified atom stereocenters. The van der Waals surface area contributed by atoms with Gasteiger partial charge in [-0.3, -0.25) is 4.79 Å². The monoisotopic (exact) mass is 471 g/mol. The molecule has 5 nitrogen and oxygen atoms in total. The standard InChI is InChI=1S/C28H38FNO4/c1-4-5-6-10-26(31)34-27(24-8-7-9-25(32-2)28(24)33-3)22-16-19-30(20-17-22)18-15-21-11-13-23(29)14-12-21/h7-9,11-14,22,27H,4-6,10,15-20H2,1-3H3/t27-/m1/s1. The minimum absolute atomic E-state index is 0.151. The van der Waals surface area contributed by atoms with Crippen LogP contribution in [0.15, 0.2) is 42.5 Å². The molecule has 0 aromatic heterocycles. The van der Waals surface area contributed by atoms with E-state index in [1.54, 1.807) is 14.2 Å². The molecule has 1 fully saturated rings. The minimum Gasteiger partial charge on any atom is -0.493 e. The second kappa shape index (κ2) is 13.3. The molecule has 0 radical (unpaired) electrons. The molecule has 1 saturated heterocycles. The summed E-state index contributed by atoms with van der Waals surface area (Å²) in [6.07, 6.45) is 5.76. The second-order valence-corrected chi connectivity index (χ2v) is 9.01. The van der Waals surface area contributed by atoms with E-state index in [1.807, 2.05) is 30.3 Å². The van der Waals surface area contributed by atoms with E-state index in [2.05, 4.69) is 11.8 Å². The third-order valence-corrected chi connectivity index (χ3v) is 6.67. The summed E-state index contributed by atoms with van der Waals surface area (Å²) in [5.74, 6) is 1.13. The van der Waals surface area contributed by atoms with Crippen LogP contribution in [0.25, 0.3) is 0 Å². The Morgan fingerprint density at radius 3 is 2.44 bits per heavy atom. The van der Waals surface area contributed by atoms with Crippen molar-refractivity contribution in [2.24, 2.45) is 5.92 Å². The van der Waals surface area contributed by atoms with Crippen LogP contribution in [0.2, 0.25) is 0 Å². The number of para-hydroxylation sites is 1. The number of benzene rings is 2. The molecule has 2 aromatic carbocycles. The fourth-order valence-corrected chi connectivity index (χ4v) is 4.69. The molecule has 0 spiro atoms. The molecule has 6 heteroatoms. The number of nitrogens with zero attached hydrogens (tertiary/aromatic N) is 1. The number of carbonyl (C=O) groups excluding carboxylic acids is 1. The van der Waals surface area contributed by atoms with Gasteiger partial charge in [0.1, 0.15) is 11.9 Å². The Morgan fingerprint density at radius 1 is 1.06 bits per heavy atom. The molecule has 0 aliphatic carbocycles. The number of unbranched alkanes of at least 4 members (excludes halogenated alkanes) is 2. The average molecular weight is 472 g/mol. The summed E-state index contributed by atoms with van der Waals surface area (Å²) < 4.78 is 30.5. The van der Waals surface area contributed by atoms with Gasteiger partial charge in [0, 0.05) is 24.4 Å². The molecule has 3 rings (SSSR count). The van der Waals surface area contributed by atoms with Gasteiger partial charge < -0.3 is 19.1 Å². The maximum absolute atomic E-state index is 13.2. The summed E-state index contributed by atoms with van der Waals surface area (Å²) in [6, 6.07) is 12.5. The Balaban J connectivity index is 1.68. The lowest BCUT2D eigenvalue weighted by Gasteiger charge is -2.36. The first kappa shape index (κ1) is 26.0. The molecule has 1 atom stereocenters. The number of ether oxygens (including phenoxy) is 3. The van der Waals surface area contributed by atoms with Crippen molar-refractivity contribution in [2.75, 3.05) is 33.9 Å². The normalized spacial score (nSPS) is 15.6. The largest absolute Gasteiger partial charge is 0.493 e. The van der Waals surface area contributed by atoms with E-state index in [9.17, 15) is 9.18 Å². The lowest BCUT2D eigenvalue weighted by atomic mass is 9.86. The van der Waals surface area contributed by atoms with Gasteiger partial charge in [-0.15, -0.1) is 0 Å². The van der Waals surface area contributed by atoms with Crippen LogP contribution in [0.5, 0.6) is 11.5 Å². The molecule has 0 N–H and O–H groups in total. The molecule has 186 valence electrons. The van der Waals surface area contributed by atoms with Crippen LogP contribution in [0.3, 0.4) is 0 Å². The topological polar surface area (TPSA) is 48.0 Å². The molecular formula is C28H38FNO4. The van der Waals surface area contributed by atoms with Crippen LogP contribution < -0.4 is 9.47 Å². The molecule has 2 aromatic rings. The third kappa shape index (κ3) is 7.20. The van der Waals surface area contributed by atoms with Crippen molar-refractivity contribution in [1.29, 1.82) is 0 Å². The third-order valence-electron chi connectivity index (χ3n) is 6.67. The molecule has 1 heterocycles. The second-order valence-electron chi connectivity index (χ2n) is 9.01. The fourth-order valence-electron chi connectivity index (χ4n) is 4.69. The van der Waals surface area contributed by atoms with Gasteiger partial charge in [-0.05, 0) is 62.5 Å². The lowest BCUT2D eigenvalue weighted by molar-refractivity contribution is -0.153. The van der Waals surface area contributed by atoms with Gasteiger partial charge >= 0.3 is 5.97 Å². The van der Waals surface area contributed by atoms with Crippen LogP contribution in [0.1, 0.15) is 62.7 Å². The SMILES string of the molecule is CCCCCC(=O)O[C@@H](c1cccc(OC)c1OC)C1CCN(CCc2ccc(F)cc2)CC1. The van der Waals surface area contributed by atoms with Gasteiger partial charge in [0.25, 0.3) is 0 Å². The van der Waals surface area contributed by atoms with Gasteiger partial charge in [0.2, 0.25) is 0 Å². The Morgan fingerprint density at radius 2 is 1.79 bits per heavy atom. The molecule has 1 aliphatic rings. The number of piperidine rings is 1.